The summed E-state index contributed by atoms with van der Waals surface area (Å²) in [4.78, 5) is 18.6. The zero-order valence-corrected chi connectivity index (χ0v) is 14.2. The minimum absolute atomic E-state index is 0.115. The van der Waals surface area contributed by atoms with Crippen LogP contribution in [-0.2, 0) is 20.9 Å². The van der Waals surface area contributed by atoms with Gasteiger partial charge in [0.15, 0.2) is 0 Å². The van der Waals surface area contributed by atoms with Crippen LogP contribution in [0.25, 0.3) is 0 Å². The van der Waals surface area contributed by atoms with Gasteiger partial charge in [-0.15, -0.1) is 0 Å². The minimum Gasteiger partial charge on any atom is -0.371 e. The zero-order valence-electron chi connectivity index (χ0n) is 14.2. The number of likely N-dealkylation sites (tertiary alicyclic amines) is 1. The third-order valence-electron chi connectivity index (χ3n) is 5.44. The Morgan fingerprint density at radius 2 is 2.38 bits per heavy atom. The molecule has 1 saturated carbocycles. The molecule has 0 radical (unpaired) electrons. The molecule has 1 spiro atoms. The fourth-order valence-electron chi connectivity index (χ4n) is 3.90. The zero-order chi connectivity index (χ0) is 16.4. The van der Waals surface area contributed by atoms with Crippen molar-refractivity contribution in [1.82, 2.24) is 9.88 Å². The van der Waals surface area contributed by atoms with E-state index in [-0.39, 0.29) is 11.7 Å². The topological polar surface area (TPSA) is 51.7 Å². The van der Waals surface area contributed by atoms with Crippen LogP contribution in [0.5, 0.6) is 0 Å². The molecule has 2 saturated heterocycles. The molecule has 3 aliphatic rings. The Bertz CT molecular complexity index is 575. The average molecular weight is 330 g/mol. The number of ether oxygens (including phenoxy) is 2. The van der Waals surface area contributed by atoms with Gasteiger partial charge in [-0.05, 0) is 43.2 Å². The molecule has 0 unspecified atom stereocenters. The maximum Gasteiger partial charge on any atom is 0.222 e. The van der Waals surface area contributed by atoms with Gasteiger partial charge >= 0.3 is 0 Å². The average Bonchev–Trinajstić information content (AvgIpc) is 3.35. The van der Waals surface area contributed by atoms with Crippen molar-refractivity contribution in [2.45, 2.75) is 56.8 Å². The number of nitrogens with zero attached hydrogens (tertiary/aromatic N) is 2. The Labute approximate surface area is 143 Å². The lowest BCUT2D eigenvalue weighted by Crippen LogP contribution is -2.50. The molecule has 2 atom stereocenters. The standard InChI is InChI=1S/C19H26N2O3/c22-18(9-15-4-5-15)21-8-2-6-19(14-21)10-17(13-24-19)23-12-16-3-1-7-20-11-16/h1,3,7,11,15,17H,2,4-6,8-10,12-14H2/t17-,19+/m1/s1. The minimum atomic E-state index is -0.183. The molecular weight excluding hydrogens is 304 g/mol. The van der Waals surface area contributed by atoms with Crippen molar-refractivity contribution in [3.05, 3.63) is 30.1 Å². The molecule has 4 rings (SSSR count). The molecule has 1 amide bonds. The van der Waals surface area contributed by atoms with Gasteiger partial charge < -0.3 is 14.4 Å². The van der Waals surface area contributed by atoms with E-state index >= 15 is 0 Å². The number of pyridine rings is 1. The second kappa shape index (κ2) is 6.81. The van der Waals surface area contributed by atoms with E-state index in [1.54, 1.807) is 6.20 Å². The second-order valence-corrected chi connectivity index (χ2v) is 7.56. The van der Waals surface area contributed by atoms with E-state index in [0.717, 1.165) is 44.3 Å². The normalized spacial score (nSPS) is 30.0. The van der Waals surface area contributed by atoms with Gasteiger partial charge in [0.05, 0.1) is 24.9 Å². The number of carbonyl (C=O) groups excluding carboxylic acids is 1. The third kappa shape index (κ3) is 3.78. The number of hydrogen-bond acceptors (Lipinski definition) is 4. The lowest BCUT2D eigenvalue weighted by atomic mass is 9.89. The van der Waals surface area contributed by atoms with E-state index < -0.39 is 0 Å². The quantitative estimate of drug-likeness (QED) is 0.832. The molecule has 0 bridgehead atoms. The molecule has 0 N–H and O–H groups in total. The number of carbonyl (C=O) groups is 1. The van der Waals surface area contributed by atoms with Crippen LogP contribution in [0, 0.1) is 5.92 Å². The number of amides is 1. The predicted octanol–water partition coefficient (Wildman–Crippen LogP) is 2.55. The van der Waals surface area contributed by atoms with Crippen molar-refractivity contribution in [3.8, 4) is 0 Å². The first-order valence-electron chi connectivity index (χ1n) is 9.15. The number of rotatable bonds is 5. The van der Waals surface area contributed by atoms with Crippen LogP contribution >= 0.6 is 0 Å². The molecule has 130 valence electrons. The van der Waals surface area contributed by atoms with Crippen LogP contribution < -0.4 is 0 Å². The van der Waals surface area contributed by atoms with Crippen LogP contribution in [0.3, 0.4) is 0 Å². The van der Waals surface area contributed by atoms with Crippen LogP contribution in [0.1, 0.15) is 44.1 Å². The van der Waals surface area contributed by atoms with Gasteiger partial charge in [0.2, 0.25) is 5.91 Å². The Hall–Kier alpha value is -1.46. The van der Waals surface area contributed by atoms with Crippen LogP contribution in [-0.4, -0.2) is 47.2 Å². The third-order valence-corrected chi connectivity index (χ3v) is 5.44. The van der Waals surface area contributed by atoms with Crippen molar-refractivity contribution < 1.29 is 14.3 Å². The summed E-state index contributed by atoms with van der Waals surface area (Å²) >= 11 is 0. The van der Waals surface area contributed by atoms with Gasteiger partial charge in [0.25, 0.3) is 0 Å². The maximum absolute atomic E-state index is 12.4. The van der Waals surface area contributed by atoms with E-state index in [2.05, 4.69) is 4.98 Å². The predicted molar refractivity (Wildman–Crippen MR) is 89.3 cm³/mol. The molecule has 1 aromatic rings. The molecule has 1 aliphatic carbocycles. The molecule has 2 aliphatic heterocycles. The smallest absolute Gasteiger partial charge is 0.222 e. The van der Waals surface area contributed by atoms with Gasteiger partial charge in [-0.3, -0.25) is 9.78 Å². The van der Waals surface area contributed by atoms with Crippen molar-refractivity contribution in [2.24, 2.45) is 5.92 Å². The van der Waals surface area contributed by atoms with E-state index in [0.29, 0.717) is 25.0 Å². The highest BCUT2D eigenvalue weighted by Crippen LogP contribution is 2.38. The summed E-state index contributed by atoms with van der Waals surface area (Å²) < 4.78 is 12.2. The van der Waals surface area contributed by atoms with Gasteiger partial charge in [-0.25, -0.2) is 0 Å². The number of aromatic nitrogens is 1. The highest BCUT2D eigenvalue weighted by molar-refractivity contribution is 5.77. The summed E-state index contributed by atoms with van der Waals surface area (Å²) in [6, 6.07) is 3.95. The molecular formula is C19H26N2O3. The Morgan fingerprint density at radius 3 is 3.17 bits per heavy atom. The summed E-state index contributed by atoms with van der Waals surface area (Å²) in [5, 5.41) is 0. The molecule has 3 fully saturated rings. The van der Waals surface area contributed by atoms with E-state index in [9.17, 15) is 4.79 Å². The summed E-state index contributed by atoms with van der Waals surface area (Å²) in [6.07, 6.45) is 9.87. The fourth-order valence-corrected chi connectivity index (χ4v) is 3.90. The monoisotopic (exact) mass is 330 g/mol. The molecule has 5 nitrogen and oxygen atoms in total. The maximum atomic E-state index is 12.4. The second-order valence-electron chi connectivity index (χ2n) is 7.56. The first-order valence-corrected chi connectivity index (χ1v) is 9.15. The summed E-state index contributed by atoms with van der Waals surface area (Å²) in [5.74, 6) is 0.968. The summed E-state index contributed by atoms with van der Waals surface area (Å²) in [5.41, 5.74) is 0.903. The van der Waals surface area contributed by atoms with E-state index in [1.807, 2.05) is 23.2 Å². The van der Waals surface area contributed by atoms with Crippen LogP contribution in [0.15, 0.2) is 24.5 Å². The van der Waals surface area contributed by atoms with E-state index in [1.165, 1.54) is 12.8 Å². The van der Waals surface area contributed by atoms with Crippen molar-refractivity contribution in [3.63, 3.8) is 0 Å². The van der Waals surface area contributed by atoms with Gasteiger partial charge in [-0.2, -0.15) is 0 Å². The van der Waals surface area contributed by atoms with Crippen molar-refractivity contribution >= 4 is 5.91 Å². The van der Waals surface area contributed by atoms with Gasteiger partial charge in [0, 0.05) is 38.3 Å². The highest BCUT2D eigenvalue weighted by Gasteiger charge is 2.45. The van der Waals surface area contributed by atoms with Gasteiger partial charge in [0.1, 0.15) is 0 Å². The first kappa shape index (κ1) is 16.0. The molecule has 1 aromatic heterocycles. The van der Waals surface area contributed by atoms with Gasteiger partial charge in [-0.1, -0.05) is 6.07 Å². The number of hydrogen-bond donors (Lipinski definition) is 0. The lowest BCUT2D eigenvalue weighted by Gasteiger charge is -2.39. The lowest BCUT2D eigenvalue weighted by molar-refractivity contribution is -0.139. The largest absolute Gasteiger partial charge is 0.371 e. The van der Waals surface area contributed by atoms with Crippen molar-refractivity contribution in [1.29, 1.82) is 0 Å². The Kier molecular flexibility index (Phi) is 4.55. The molecule has 5 heteroatoms. The Balaban J connectivity index is 1.30. The van der Waals surface area contributed by atoms with Crippen LogP contribution in [0.4, 0.5) is 0 Å². The SMILES string of the molecule is O=C(CC1CC1)N1CCC[C@]2(C[C@@H](OCc3cccnc3)CO2)C1. The first-order chi connectivity index (χ1) is 11.7. The molecule has 0 aromatic carbocycles. The summed E-state index contributed by atoms with van der Waals surface area (Å²) in [7, 11) is 0. The fraction of sp³-hybridized carbons (Fsp3) is 0.684. The van der Waals surface area contributed by atoms with E-state index in [4.69, 9.17) is 9.47 Å². The van der Waals surface area contributed by atoms with Crippen LogP contribution in [0.2, 0.25) is 0 Å². The highest BCUT2D eigenvalue weighted by atomic mass is 16.6. The Morgan fingerprint density at radius 1 is 1.46 bits per heavy atom. The molecule has 24 heavy (non-hydrogen) atoms. The summed E-state index contributed by atoms with van der Waals surface area (Å²) in [6.45, 7) is 2.83. The van der Waals surface area contributed by atoms with Crippen molar-refractivity contribution in [2.75, 3.05) is 19.7 Å². The molecule has 3 heterocycles. The number of piperidine rings is 1.